The molecule has 0 amide bonds. The molecular weight excluding hydrogens is 245 g/mol. The first-order valence-electron chi connectivity index (χ1n) is 5.94. The SMILES string of the molecule is CC1Cc2ccc(F)cc2C(C#N)(O[Si])C1(C)C. The first-order valence-corrected chi connectivity index (χ1v) is 6.34. The van der Waals surface area contributed by atoms with Gasteiger partial charge in [-0.05, 0) is 30.0 Å². The summed E-state index contributed by atoms with van der Waals surface area (Å²) in [5.41, 5.74) is 0.0228. The minimum Gasteiger partial charge on any atom is -0.397 e. The molecule has 0 N–H and O–H groups in total. The maximum atomic E-state index is 13.5. The second-order valence-electron chi connectivity index (χ2n) is 5.52. The highest BCUT2D eigenvalue weighted by atomic mass is 28.2. The Labute approximate surface area is 110 Å². The van der Waals surface area contributed by atoms with Gasteiger partial charge in [-0.2, -0.15) is 5.26 Å². The molecule has 0 spiro atoms. The van der Waals surface area contributed by atoms with E-state index < -0.39 is 11.0 Å². The molecule has 1 aliphatic rings. The smallest absolute Gasteiger partial charge is 0.249 e. The van der Waals surface area contributed by atoms with Gasteiger partial charge in [0.25, 0.3) is 0 Å². The molecule has 93 valence electrons. The Kier molecular flexibility index (Phi) is 3.08. The number of rotatable bonds is 1. The Morgan fingerprint density at radius 2 is 2.17 bits per heavy atom. The van der Waals surface area contributed by atoms with Crippen molar-refractivity contribution in [3.63, 3.8) is 0 Å². The Morgan fingerprint density at radius 1 is 1.50 bits per heavy atom. The third-order valence-corrected chi connectivity index (χ3v) is 4.73. The van der Waals surface area contributed by atoms with Crippen molar-refractivity contribution in [3.05, 3.63) is 35.1 Å². The molecule has 0 fully saturated rings. The lowest BCUT2D eigenvalue weighted by Gasteiger charge is -2.49. The normalized spacial score (nSPS) is 29.4. The largest absolute Gasteiger partial charge is 0.397 e. The van der Waals surface area contributed by atoms with E-state index in [2.05, 4.69) is 23.5 Å². The van der Waals surface area contributed by atoms with Gasteiger partial charge in [-0.15, -0.1) is 0 Å². The van der Waals surface area contributed by atoms with Gasteiger partial charge in [0, 0.05) is 11.0 Å². The van der Waals surface area contributed by atoms with Crippen LogP contribution in [0.25, 0.3) is 0 Å². The number of benzene rings is 1. The second kappa shape index (κ2) is 4.18. The zero-order valence-electron chi connectivity index (χ0n) is 10.7. The Bertz CT molecular complexity index is 523. The lowest BCUT2D eigenvalue weighted by atomic mass is 9.58. The molecule has 2 atom stereocenters. The number of nitrogens with zero attached hydrogens (tertiary/aromatic N) is 1. The summed E-state index contributed by atoms with van der Waals surface area (Å²) in [6.07, 6.45) is 0.821. The Morgan fingerprint density at radius 3 is 2.72 bits per heavy atom. The van der Waals surface area contributed by atoms with Crippen LogP contribution >= 0.6 is 0 Å². The fraction of sp³-hybridized carbons (Fsp3) is 0.500. The predicted octanol–water partition coefficient (Wildman–Crippen LogP) is 2.86. The second-order valence-corrected chi connectivity index (χ2v) is 5.73. The number of nitriles is 1. The van der Waals surface area contributed by atoms with Crippen LogP contribution < -0.4 is 0 Å². The number of halogens is 1. The lowest BCUT2D eigenvalue weighted by molar-refractivity contribution is -0.0383. The topological polar surface area (TPSA) is 33.0 Å². The molecule has 0 saturated heterocycles. The van der Waals surface area contributed by atoms with Crippen molar-refractivity contribution >= 4 is 10.5 Å². The first-order chi connectivity index (χ1) is 8.39. The van der Waals surface area contributed by atoms with Crippen molar-refractivity contribution in [1.29, 1.82) is 5.26 Å². The summed E-state index contributed by atoms with van der Waals surface area (Å²) in [4.78, 5) is 0. The third kappa shape index (κ3) is 1.54. The van der Waals surface area contributed by atoms with E-state index in [1.54, 1.807) is 6.07 Å². The minimum atomic E-state index is -1.17. The van der Waals surface area contributed by atoms with Gasteiger partial charge in [-0.3, -0.25) is 0 Å². The number of fused-ring (bicyclic) bond motifs is 1. The standard InChI is InChI=1S/C14H15FNOSi/c1-9-6-10-4-5-11(15)7-12(10)14(8-16,17-18)13(9,2)3/h4-5,7,9H,6H2,1-3H3. The molecule has 18 heavy (non-hydrogen) atoms. The summed E-state index contributed by atoms with van der Waals surface area (Å²) >= 11 is 0. The van der Waals surface area contributed by atoms with Crippen LogP contribution in [-0.2, 0) is 16.4 Å². The third-order valence-electron chi connectivity index (χ3n) is 4.43. The van der Waals surface area contributed by atoms with Gasteiger partial charge in [-0.1, -0.05) is 26.8 Å². The van der Waals surface area contributed by atoms with Crippen molar-refractivity contribution in [2.75, 3.05) is 0 Å². The van der Waals surface area contributed by atoms with Crippen LogP contribution in [-0.4, -0.2) is 10.5 Å². The summed E-state index contributed by atoms with van der Waals surface area (Å²) in [7, 11) is 3.03. The average Bonchev–Trinajstić information content (AvgIpc) is 2.33. The Hall–Kier alpha value is -1.18. The van der Waals surface area contributed by atoms with Crippen LogP contribution in [0.4, 0.5) is 4.39 Å². The van der Waals surface area contributed by atoms with Crippen molar-refractivity contribution < 1.29 is 8.82 Å². The average molecular weight is 260 g/mol. The molecule has 0 saturated carbocycles. The molecule has 0 aliphatic heterocycles. The minimum absolute atomic E-state index is 0.256. The predicted molar refractivity (Wildman–Crippen MR) is 67.2 cm³/mol. The monoisotopic (exact) mass is 260 g/mol. The van der Waals surface area contributed by atoms with E-state index in [0.717, 1.165) is 12.0 Å². The van der Waals surface area contributed by atoms with Gasteiger partial charge in [0.1, 0.15) is 11.9 Å². The van der Waals surface area contributed by atoms with Crippen LogP contribution in [0.3, 0.4) is 0 Å². The van der Waals surface area contributed by atoms with E-state index in [1.165, 1.54) is 12.1 Å². The molecule has 0 aromatic heterocycles. The van der Waals surface area contributed by atoms with Crippen LogP contribution in [0.15, 0.2) is 18.2 Å². The highest BCUT2D eigenvalue weighted by Gasteiger charge is 2.54. The zero-order chi connectivity index (χ0) is 13.6. The molecule has 2 rings (SSSR count). The number of hydrogen-bond acceptors (Lipinski definition) is 2. The highest BCUT2D eigenvalue weighted by Crippen LogP contribution is 2.52. The van der Waals surface area contributed by atoms with Crippen LogP contribution in [0, 0.1) is 28.5 Å². The van der Waals surface area contributed by atoms with Gasteiger partial charge < -0.3 is 4.43 Å². The van der Waals surface area contributed by atoms with Gasteiger partial charge in [0.2, 0.25) is 10.5 Å². The van der Waals surface area contributed by atoms with Crippen molar-refractivity contribution in [3.8, 4) is 6.07 Å². The summed E-state index contributed by atoms with van der Waals surface area (Å²) in [5.74, 6) is -0.0890. The van der Waals surface area contributed by atoms with E-state index in [0.29, 0.717) is 5.56 Å². The molecular formula is C14H15FNOSi. The molecule has 0 bridgehead atoms. The van der Waals surface area contributed by atoms with Crippen molar-refractivity contribution in [2.24, 2.45) is 11.3 Å². The van der Waals surface area contributed by atoms with E-state index in [-0.39, 0.29) is 11.7 Å². The molecule has 1 aromatic rings. The van der Waals surface area contributed by atoms with Gasteiger partial charge in [-0.25, -0.2) is 4.39 Å². The van der Waals surface area contributed by atoms with Gasteiger partial charge in [0.05, 0.1) is 0 Å². The molecule has 2 nitrogen and oxygen atoms in total. The van der Waals surface area contributed by atoms with E-state index >= 15 is 0 Å². The lowest BCUT2D eigenvalue weighted by Crippen LogP contribution is -2.51. The quantitative estimate of drug-likeness (QED) is 0.727. The van der Waals surface area contributed by atoms with Crippen LogP contribution in [0.1, 0.15) is 31.9 Å². The van der Waals surface area contributed by atoms with Crippen molar-refractivity contribution in [2.45, 2.75) is 32.8 Å². The summed E-state index contributed by atoms with van der Waals surface area (Å²) < 4.78 is 18.9. The first kappa shape index (κ1) is 13.3. The fourth-order valence-electron chi connectivity index (χ4n) is 2.75. The number of hydrogen-bond donors (Lipinski definition) is 0. The fourth-order valence-corrected chi connectivity index (χ4v) is 3.17. The van der Waals surface area contributed by atoms with Gasteiger partial charge in [0.15, 0.2) is 5.60 Å². The molecule has 1 aliphatic carbocycles. The maximum absolute atomic E-state index is 13.5. The van der Waals surface area contributed by atoms with E-state index in [1.807, 2.05) is 13.8 Å². The highest BCUT2D eigenvalue weighted by molar-refractivity contribution is 5.98. The zero-order valence-corrected chi connectivity index (χ0v) is 11.7. The molecule has 1 aromatic carbocycles. The van der Waals surface area contributed by atoms with Crippen LogP contribution in [0.5, 0.6) is 0 Å². The van der Waals surface area contributed by atoms with Crippen LogP contribution in [0.2, 0.25) is 0 Å². The van der Waals surface area contributed by atoms with Crippen molar-refractivity contribution in [1.82, 2.24) is 0 Å². The maximum Gasteiger partial charge on any atom is 0.249 e. The Balaban J connectivity index is 2.76. The summed E-state index contributed by atoms with van der Waals surface area (Å²) in [5, 5.41) is 9.60. The molecule has 4 heteroatoms. The molecule has 3 radical (unpaired) electrons. The van der Waals surface area contributed by atoms with E-state index in [4.69, 9.17) is 4.43 Å². The molecule has 2 unspecified atom stereocenters. The van der Waals surface area contributed by atoms with Gasteiger partial charge >= 0.3 is 0 Å². The molecule has 0 heterocycles. The van der Waals surface area contributed by atoms with E-state index in [9.17, 15) is 9.65 Å². The summed E-state index contributed by atoms with van der Waals surface area (Å²) in [6.45, 7) is 6.05. The summed E-state index contributed by atoms with van der Waals surface area (Å²) in [6, 6.07) is 6.82.